The SMILES string of the molecule is CCOC(=O)C(C)CCc1cn(CC)c2ccccc12. The zero-order valence-corrected chi connectivity index (χ0v) is 12.6. The summed E-state index contributed by atoms with van der Waals surface area (Å²) in [6.45, 7) is 7.36. The first-order valence-electron chi connectivity index (χ1n) is 7.40. The monoisotopic (exact) mass is 273 g/mol. The van der Waals surface area contributed by atoms with Crippen LogP contribution in [-0.2, 0) is 22.5 Å². The number of hydrogen-bond donors (Lipinski definition) is 0. The second-order valence-corrected chi connectivity index (χ2v) is 5.15. The molecule has 108 valence electrons. The van der Waals surface area contributed by atoms with Gasteiger partial charge in [0.15, 0.2) is 0 Å². The molecule has 3 heteroatoms. The zero-order chi connectivity index (χ0) is 14.5. The minimum absolute atomic E-state index is 0.0429. The van der Waals surface area contributed by atoms with Gasteiger partial charge in [-0.25, -0.2) is 0 Å². The molecular formula is C17H23NO2. The fourth-order valence-corrected chi connectivity index (χ4v) is 2.56. The molecule has 1 aromatic heterocycles. The van der Waals surface area contributed by atoms with E-state index in [-0.39, 0.29) is 11.9 Å². The van der Waals surface area contributed by atoms with Crippen LogP contribution in [0.15, 0.2) is 30.5 Å². The van der Waals surface area contributed by atoms with Gasteiger partial charge in [-0.3, -0.25) is 4.79 Å². The topological polar surface area (TPSA) is 31.2 Å². The van der Waals surface area contributed by atoms with Gasteiger partial charge in [0.2, 0.25) is 0 Å². The number of fused-ring (bicyclic) bond motifs is 1. The molecule has 0 radical (unpaired) electrons. The molecule has 1 heterocycles. The standard InChI is InChI=1S/C17H23NO2/c1-4-18-12-14(15-8-6-7-9-16(15)18)11-10-13(3)17(19)20-5-2/h6-9,12-13H,4-5,10-11H2,1-3H3. The molecule has 0 saturated heterocycles. The Hall–Kier alpha value is -1.77. The maximum absolute atomic E-state index is 11.7. The Labute approximate surface area is 120 Å². The normalized spacial score (nSPS) is 12.6. The summed E-state index contributed by atoms with van der Waals surface area (Å²) in [5.41, 5.74) is 2.59. The molecule has 2 rings (SSSR count). The Morgan fingerprint density at radius 1 is 1.30 bits per heavy atom. The van der Waals surface area contributed by atoms with Crippen molar-refractivity contribution in [2.24, 2.45) is 5.92 Å². The third-order valence-electron chi connectivity index (χ3n) is 3.75. The van der Waals surface area contributed by atoms with Gasteiger partial charge < -0.3 is 9.30 Å². The minimum atomic E-state index is -0.0910. The van der Waals surface area contributed by atoms with E-state index in [2.05, 4.69) is 42.0 Å². The van der Waals surface area contributed by atoms with Gasteiger partial charge in [0.25, 0.3) is 0 Å². The molecule has 0 amide bonds. The summed E-state index contributed by atoms with van der Waals surface area (Å²) in [7, 11) is 0. The van der Waals surface area contributed by atoms with Crippen LogP contribution in [0.4, 0.5) is 0 Å². The van der Waals surface area contributed by atoms with Crippen LogP contribution < -0.4 is 0 Å². The second-order valence-electron chi connectivity index (χ2n) is 5.15. The number of hydrogen-bond acceptors (Lipinski definition) is 2. The average Bonchev–Trinajstić information content (AvgIpc) is 2.83. The second kappa shape index (κ2) is 6.60. The molecule has 0 saturated carbocycles. The third kappa shape index (κ3) is 3.03. The summed E-state index contributed by atoms with van der Waals surface area (Å²) in [6, 6.07) is 8.45. The number of ether oxygens (including phenoxy) is 1. The van der Waals surface area contributed by atoms with Gasteiger partial charge in [-0.2, -0.15) is 0 Å². The fourth-order valence-electron chi connectivity index (χ4n) is 2.56. The average molecular weight is 273 g/mol. The lowest BCUT2D eigenvalue weighted by molar-refractivity contribution is -0.147. The van der Waals surface area contributed by atoms with Gasteiger partial charge in [-0.05, 0) is 38.3 Å². The molecule has 0 bridgehead atoms. The summed E-state index contributed by atoms with van der Waals surface area (Å²) in [4.78, 5) is 11.7. The van der Waals surface area contributed by atoms with Crippen LogP contribution >= 0.6 is 0 Å². The molecule has 0 aliphatic rings. The van der Waals surface area contributed by atoms with E-state index in [0.29, 0.717) is 6.61 Å². The minimum Gasteiger partial charge on any atom is -0.466 e. The van der Waals surface area contributed by atoms with Gasteiger partial charge in [0, 0.05) is 23.6 Å². The van der Waals surface area contributed by atoms with Crippen LogP contribution in [0.25, 0.3) is 10.9 Å². The highest BCUT2D eigenvalue weighted by Crippen LogP contribution is 2.23. The largest absolute Gasteiger partial charge is 0.466 e. The molecule has 3 nitrogen and oxygen atoms in total. The number of nitrogens with zero attached hydrogens (tertiary/aromatic N) is 1. The first-order chi connectivity index (χ1) is 9.67. The molecule has 0 aliphatic heterocycles. The van der Waals surface area contributed by atoms with E-state index in [1.807, 2.05) is 13.8 Å². The van der Waals surface area contributed by atoms with E-state index in [9.17, 15) is 4.79 Å². The summed E-state index contributed by atoms with van der Waals surface area (Å²) in [5.74, 6) is -0.134. The van der Waals surface area contributed by atoms with Crippen LogP contribution in [0.3, 0.4) is 0 Å². The van der Waals surface area contributed by atoms with Gasteiger partial charge >= 0.3 is 5.97 Å². The Kier molecular flexibility index (Phi) is 4.83. The van der Waals surface area contributed by atoms with Crippen LogP contribution in [0, 0.1) is 5.92 Å². The Balaban J connectivity index is 2.12. The number of aromatic nitrogens is 1. The fraction of sp³-hybridized carbons (Fsp3) is 0.471. The van der Waals surface area contributed by atoms with E-state index in [1.54, 1.807) is 0 Å². The molecule has 1 atom stereocenters. The number of benzene rings is 1. The van der Waals surface area contributed by atoms with Crippen molar-refractivity contribution in [3.8, 4) is 0 Å². The van der Waals surface area contributed by atoms with Crippen LogP contribution in [-0.4, -0.2) is 17.1 Å². The van der Waals surface area contributed by atoms with Gasteiger partial charge in [-0.15, -0.1) is 0 Å². The highest BCUT2D eigenvalue weighted by molar-refractivity contribution is 5.84. The van der Waals surface area contributed by atoms with Gasteiger partial charge in [-0.1, -0.05) is 25.1 Å². The van der Waals surface area contributed by atoms with Crippen molar-refractivity contribution >= 4 is 16.9 Å². The van der Waals surface area contributed by atoms with Crippen LogP contribution in [0.1, 0.15) is 32.8 Å². The lowest BCUT2D eigenvalue weighted by Crippen LogP contribution is -2.15. The number of carbonyl (C=O) groups excluding carboxylic acids is 1. The summed E-state index contributed by atoms with van der Waals surface area (Å²) in [6.07, 6.45) is 3.95. The Morgan fingerprint density at radius 2 is 2.05 bits per heavy atom. The van der Waals surface area contributed by atoms with E-state index in [1.165, 1.54) is 16.5 Å². The number of esters is 1. The molecule has 0 aliphatic carbocycles. The lowest BCUT2D eigenvalue weighted by atomic mass is 10.0. The summed E-state index contributed by atoms with van der Waals surface area (Å²) >= 11 is 0. The molecule has 1 unspecified atom stereocenters. The number of aryl methyl sites for hydroxylation is 2. The molecule has 0 fully saturated rings. The quantitative estimate of drug-likeness (QED) is 0.750. The van der Waals surface area contributed by atoms with E-state index < -0.39 is 0 Å². The lowest BCUT2D eigenvalue weighted by Gasteiger charge is -2.09. The van der Waals surface area contributed by atoms with Crippen molar-refractivity contribution in [3.05, 3.63) is 36.0 Å². The van der Waals surface area contributed by atoms with Gasteiger partial charge in [0.05, 0.1) is 12.5 Å². The summed E-state index contributed by atoms with van der Waals surface area (Å²) in [5, 5.41) is 1.30. The molecular weight excluding hydrogens is 250 g/mol. The maximum atomic E-state index is 11.7. The van der Waals surface area contributed by atoms with Crippen molar-refractivity contribution in [2.75, 3.05) is 6.61 Å². The maximum Gasteiger partial charge on any atom is 0.308 e. The van der Waals surface area contributed by atoms with E-state index >= 15 is 0 Å². The predicted molar refractivity (Wildman–Crippen MR) is 81.7 cm³/mol. The van der Waals surface area contributed by atoms with Crippen molar-refractivity contribution in [2.45, 2.75) is 40.2 Å². The van der Waals surface area contributed by atoms with Crippen molar-refractivity contribution in [1.29, 1.82) is 0 Å². The smallest absolute Gasteiger partial charge is 0.308 e. The van der Waals surface area contributed by atoms with Crippen molar-refractivity contribution in [1.82, 2.24) is 4.57 Å². The predicted octanol–water partition coefficient (Wildman–Crippen LogP) is 3.79. The molecule has 2 aromatic rings. The molecule has 0 N–H and O–H groups in total. The number of para-hydroxylation sites is 1. The van der Waals surface area contributed by atoms with Crippen molar-refractivity contribution < 1.29 is 9.53 Å². The zero-order valence-electron chi connectivity index (χ0n) is 12.6. The number of rotatable bonds is 6. The molecule has 1 aromatic carbocycles. The summed E-state index contributed by atoms with van der Waals surface area (Å²) < 4.78 is 7.33. The highest BCUT2D eigenvalue weighted by Gasteiger charge is 2.15. The van der Waals surface area contributed by atoms with E-state index in [4.69, 9.17) is 4.74 Å². The van der Waals surface area contributed by atoms with E-state index in [0.717, 1.165) is 19.4 Å². The van der Waals surface area contributed by atoms with Crippen LogP contribution in [0.5, 0.6) is 0 Å². The Morgan fingerprint density at radius 3 is 2.75 bits per heavy atom. The third-order valence-corrected chi connectivity index (χ3v) is 3.75. The van der Waals surface area contributed by atoms with Crippen molar-refractivity contribution in [3.63, 3.8) is 0 Å². The first-order valence-corrected chi connectivity index (χ1v) is 7.40. The number of carbonyl (C=O) groups is 1. The highest BCUT2D eigenvalue weighted by atomic mass is 16.5. The molecule has 0 spiro atoms. The van der Waals surface area contributed by atoms with Crippen LogP contribution in [0.2, 0.25) is 0 Å². The molecule has 20 heavy (non-hydrogen) atoms. The Bertz CT molecular complexity index is 586. The van der Waals surface area contributed by atoms with Gasteiger partial charge in [0.1, 0.15) is 0 Å². The first kappa shape index (κ1) is 14.6.